The molecule has 1 heterocycles. The Labute approximate surface area is 112 Å². The normalized spacial score (nSPS) is 10.2. The summed E-state index contributed by atoms with van der Waals surface area (Å²) in [6, 6.07) is 4.94. The average molecular weight is 342 g/mol. The van der Waals surface area contributed by atoms with Gasteiger partial charge in [0.2, 0.25) is 5.95 Å². The Morgan fingerprint density at radius 3 is 2.71 bits per heavy atom. The average Bonchev–Trinajstić information content (AvgIpc) is 2.32. The summed E-state index contributed by atoms with van der Waals surface area (Å²) in [6.45, 7) is 0.428. The first-order valence-corrected chi connectivity index (χ1v) is 6.02. The molecule has 0 aliphatic rings. The molecule has 0 radical (unpaired) electrons. The molecule has 0 fully saturated rings. The molecule has 17 heavy (non-hydrogen) atoms. The van der Waals surface area contributed by atoms with Crippen molar-refractivity contribution in [3.63, 3.8) is 0 Å². The number of nitrogen functional groups attached to an aromatic ring is 1. The summed E-state index contributed by atoms with van der Waals surface area (Å²) in [5, 5.41) is 12.6. The van der Waals surface area contributed by atoms with E-state index in [0.29, 0.717) is 23.7 Å². The van der Waals surface area contributed by atoms with Crippen LogP contribution in [0.1, 0.15) is 5.56 Å². The smallest absolute Gasteiger partial charge is 0.222 e. The minimum absolute atomic E-state index is 0.206. The summed E-state index contributed by atoms with van der Waals surface area (Å²) in [4.78, 5) is 8.21. The number of halogens is 1. The number of nitrogens with two attached hydrogens (primary N) is 1. The molecule has 2 rings (SSSR count). The third-order valence-electron chi connectivity index (χ3n) is 2.16. The van der Waals surface area contributed by atoms with E-state index in [-0.39, 0.29) is 5.75 Å². The van der Waals surface area contributed by atoms with Gasteiger partial charge in [-0.25, -0.2) is 9.97 Å². The van der Waals surface area contributed by atoms with Crippen LogP contribution in [0.5, 0.6) is 5.75 Å². The van der Waals surface area contributed by atoms with Gasteiger partial charge in [-0.1, -0.05) is 0 Å². The fourth-order valence-electron chi connectivity index (χ4n) is 1.32. The maximum Gasteiger partial charge on any atom is 0.222 e. The van der Waals surface area contributed by atoms with Crippen LogP contribution >= 0.6 is 22.6 Å². The van der Waals surface area contributed by atoms with Crippen LogP contribution in [0.25, 0.3) is 0 Å². The first kappa shape index (κ1) is 11.9. The van der Waals surface area contributed by atoms with E-state index < -0.39 is 0 Å². The molecule has 6 heteroatoms. The maximum absolute atomic E-state index is 9.62. The van der Waals surface area contributed by atoms with Gasteiger partial charge in [-0.3, -0.25) is 0 Å². The molecule has 0 bridgehead atoms. The van der Waals surface area contributed by atoms with Crippen LogP contribution in [0.15, 0.2) is 30.6 Å². The molecule has 4 N–H and O–H groups in total. The molecule has 5 nitrogen and oxygen atoms in total. The van der Waals surface area contributed by atoms with Gasteiger partial charge in [-0.2, -0.15) is 0 Å². The Bertz CT molecular complexity index is 515. The monoisotopic (exact) mass is 342 g/mol. The maximum atomic E-state index is 9.62. The summed E-state index contributed by atoms with van der Waals surface area (Å²) in [5.41, 5.74) is 6.97. The van der Waals surface area contributed by atoms with Crippen molar-refractivity contribution < 1.29 is 5.11 Å². The van der Waals surface area contributed by atoms with Gasteiger partial charge in [0.15, 0.2) is 0 Å². The lowest BCUT2D eigenvalue weighted by Gasteiger charge is -2.07. The molecule has 1 aromatic heterocycles. The van der Waals surface area contributed by atoms with Gasteiger partial charge < -0.3 is 16.2 Å². The van der Waals surface area contributed by atoms with Gasteiger partial charge in [0.05, 0.1) is 0 Å². The quantitative estimate of drug-likeness (QED) is 0.451. The van der Waals surface area contributed by atoms with Crippen LogP contribution in [0.4, 0.5) is 11.6 Å². The van der Waals surface area contributed by atoms with Crippen molar-refractivity contribution in [2.75, 3.05) is 11.1 Å². The predicted molar refractivity (Wildman–Crippen MR) is 74.6 cm³/mol. The summed E-state index contributed by atoms with van der Waals surface area (Å²) in [5.74, 6) is 0.726. The number of aromatic nitrogens is 2. The number of anilines is 2. The SMILES string of the molecule is Nc1ccc(O)c(CNc2ncc(I)cn2)c1. The van der Waals surface area contributed by atoms with Gasteiger partial charge in [-0.05, 0) is 40.8 Å². The van der Waals surface area contributed by atoms with E-state index in [9.17, 15) is 5.11 Å². The molecule has 0 aliphatic heterocycles. The molecule has 0 spiro atoms. The molecule has 0 amide bonds. The highest BCUT2D eigenvalue weighted by Crippen LogP contribution is 2.20. The van der Waals surface area contributed by atoms with Crippen LogP contribution in [0, 0.1) is 3.57 Å². The molecular weight excluding hydrogens is 331 g/mol. The Kier molecular flexibility index (Phi) is 3.62. The number of nitrogens with zero attached hydrogens (tertiary/aromatic N) is 2. The first-order chi connectivity index (χ1) is 8.15. The van der Waals surface area contributed by atoms with Crippen LogP contribution < -0.4 is 11.1 Å². The third kappa shape index (κ3) is 3.19. The zero-order valence-electron chi connectivity index (χ0n) is 8.89. The molecule has 0 unspecified atom stereocenters. The van der Waals surface area contributed by atoms with Crippen LogP contribution in [-0.4, -0.2) is 15.1 Å². The molecule has 0 saturated heterocycles. The fourth-order valence-corrected chi connectivity index (χ4v) is 1.60. The van der Waals surface area contributed by atoms with Gasteiger partial charge in [0.25, 0.3) is 0 Å². The molecule has 88 valence electrons. The van der Waals surface area contributed by atoms with E-state index >= 15 is 0 Å². The number of phenols is 1. The largest absolute Gasteiger partial charge is 0.508 e. The number of benzene rings is 1. The number of phenolic OH excluding ortho intramolecular Hbond substituents is 1. The minimum atomic E-state index is 0.206. The lowest BCUT2D eigenvalue weighted by atomic mass is 10.2. The van der Waals surface area contributed by atoms with E-state index in [2.05, 4.69) is 37.9 Å². The van der Waals surface area contributed by atoms with Crippen LogP contribution in [-0.2, 0) is 6.54 Å². The number of hydrogen-bond acceptors (Lipinski definition) is 5. The number of aromatic hydroxyl groups is 1. The fraction of sp³-hybridized carbons (Fsp3) is 0.0909. The lowest BCUT2D eigenvalue weighted by molar-refractivity contribution is 0.469. The van der Waals surface area contributed by atoms with Crippen molar-refractivity contribution in [3.05, 3.63) is 39.7 Å². The van der Waals surface area contributed by atoms with E-state index in [4.69, 9.17) is 5.73 Å². The van der Waals surface area contributed by atoms with Crippen molar-refractivity contribution in [2.24, 2.45) is 0 Å². The molecule has 1 aromatic carbocycles. The molecule has 2 aromatic rings. The van der Waals surface area contributed by atoms with Crippen LogP contribution in [0.3, 0.4) is 0 Å². The van der Waals surface area contributed by atoms with Crippen molar-refractivity contribution in [3.8, 4) is 5.75 Å². The van der Waals surface area contributed by atoms with Crippen molar-refractivity contribution in [2.45, 2.75) is 6.54 Å². The Morgan fingerprint density at radius 1 is 1.29 bits per heavy atom. The summed E-state index contributed by atoms with van der Waals surface area (Å²) in [7, 11) is 0. The lowest BCUT2D eigenvalue weighted by Crippen LogP contribution is -2.04. The van der Waals surface area contributed by atoms with E-state index in [1.165, 1.54) is 0 Å². The van der Waals surface area contributed by atoms with Gasteiger partial charge in [0, 0.05) is 33.8 Å². The first-order valence-electron chi connectivity index (χ1n) is 4.94. The van der Waals surface area contributed by atoms with E-state index in [1.54, 1.807) is 30.6 Å². The molecule has 0 atom stereocenters. The van der Waals surface area contributed by atoms with Gasteiger partial charge in [-0.15, -0.1) is 0 Å². The highest BCUT2D eigenvalue weighted by Gasteiger charge is 2.02. The number of nitrogens with one attached hydrogen (secondary N) is 1. The Hall–Kier alpha value is -1.57. The topological polar surface area (TPSA) is 84.1 Å². The van der Waals surface area contributed by atoms with Crippen molar-refractivity contribution in [1.82, 2.24) is 9.97 Å². The van der Waals surface area contributed by atoms with Crippen molar-refractivity contribution >= 4 is 34.2 Å². The third-order valence-corrected chi connectivity index (χ3v) is 2.72. The van der Waals surface area contributed by atoms with Crippen LogP contribution in [0.2, 0.25) is 0 Å². The van der Waals surface area contributed by atoms with E-state index in [0.717, 1.165) is 3.57 Å². The number of hydrogen-bond donors (Lipinski definition) is 3. The molecule has 0 saturated carbocycles. The standard InChI is InChI=1S/C11H11IN4O/c12-8-5-15-11(16-6-8)14-4-7-3-9(13)1-2-10(7)17/h1-3,5-6,17H,4,13H2,(H,14,15,16). The summed E-state index contributed by atoms with van der Waals surface area (Å²) < 4.78 is 0.972. The number of rotatable bonds is 3. The molecular formula is C11H11IN4O. The van der Waals surface area contributed by atoms with Gasteiger partial charge in [0.1, 0.15) is 5.75 Å². The second kappa shape index (κ2) is 5.17. The Morgan fingerprint density at radius 2 is 2.00 bits per heavy atom. The Balaban J connectivity index is 2.07. The second-order valence-corrected chi connectivity index (χ2v) is 4.71. The van der Waals surface area contributed by atoms with Gasteiger partial charge >= 0.3 is 0 Å². The van der Waals surface area contributed by atoms with E-state index in [1.807, 2.05) is 0 Å². The zero-order chi connectivity index (χ0) is 12.3. The van der Waals surface area contributed by atoms with Crippen molar-refractivity contribution in [1.29, 1.82) is 0 Å². The zero-order valence-corrected chi connectivity index (χ0v) is 11.0. The highest BCUT2D eigenvalue weighted by molar-refractivity contribution is 14.1. The second-order valence-electron chi connectivity index (χ2n) is 3.47. The summed E-state index contributed by atoms with van der Waals surface area (Å²) in [6.07, 6.45) is 3.43. The minimum Gasteiger partial charge on any atom is -0.508 e. The predicted octanol–water partition coefficient (Wildman–Crippen LogP) is 1.98. The highest BCUT2D eigenvalue weighted by atomic mass is 127. The summed E-state index contributed by atoms with van der Waals surface area (Å²) >= 11 is 2.14. The molecule has 0 aliphatic carbocycles.